The lowest BCUT2D eigenvalue weighted by Crippen LogP contribution is -2.45. The van der Waals surface area contributed by atoms with Crippen molar-refractivity contribution in [2.24, 2.45) is 5.92 Å². The maximum atomic E-state index is 13.6. The summed E-state index contributed by atoms with van der Waals surface area (Å²) in [4.78, 5) is 30.4. The van der Waals surface area contributed by atoms with Crippen molar-refractivity contribution in [3.63, 3.8) is 0 Å². The van der Waals surface area contributed by atoms with Crippen LogP contribution in [0.15, 0.2) is 48.5 Å². The van der Waals surface area contributed by atoms with Gasteiger partial charge in [-0.1, -0.05) is 44.2 Å². The molecule has 0 unspecified atom stereocenters. The minimum Gasteiger partial charge on any atom is -0.476 e. The van der Waals surface area contributed by atoms with Gasteiger partial charge in [-0.15, -0.1) is 0 Å². The summed E-state index contributed by atoms with van der Waals surface area (Å²) in [5, 5.41) is 0. The third-order valence-corrected chi connectivity index (χ3v) is 6.93. The fourth-order valence-electron chi connectivity index (χ4n) is 4.73. The third-order valence-electron chi connectivity index (χ3n) is 6.93. The Kier molecular flexibility index (Phi) is 9.50. The summed E-state index contributed by atoms with van der Waals surface area (Å²) in [6.45, 7) is 18.3. The van der Waals surface area contributed by atoms with Crippen LogP contribution in [0.1, 0.15) is 85.3 Å². The molecule has 2 aromatic carbocycles. The molecule has 0 saturated carbocycles. The highest BCUT2D eigenvalue weighted by Gasteiger charge is 2.35. The lowest BCUT2D eigenvalue weighted by atomic mass is 9.95. The van der Waals surface area contributed by atoms with Gasteiger partial charge in [-0.05, 0) is 83.6 Å². The second-order valence-electron chi connectivity index (χ2n) is 12.1. The summed E-state index contributed by atoms with van der Waals surface area (Å²) in [5.41, 5.74) is 1.76. The van der Waals surface area contributed by atoms with Crippen LogP contribution in [-0.2, 0) is 20.9 Å². The highest BCUT2D eigenvalue weighted by Crippen LogP contribution is 2.30. The molecular formula is C32H46N2O4. The Morgan fingerprint density at radius 3 is 2.34 bits per heavy atom. The number of benzene rings is 2. The number of rotatable bonds is 9. The average molecular weight is 523 g/mol. The van der Waals surface area contributed by atoms with Crippen molar-refractivity contribution in [3.8, 4) is 5.75 Å². The monoisotopic (exact) mass is 522 g/mol. The van der Waals surface area contributed by atoms with Crippen molar-refractivity contribution in [1.29, 1.82) is 0 Å². The van der Waals surface area contributed by atoms with E-state index in [0.717, 1.165) is 30.6 Å². The SMILES string of the molecule is CCN(Cc1ccc(C(C)C)cc1)C(=O)[C@H]1CCCN(c2cccc(OC(C)(C)C(=O)OC(C)(C)C)c2)C1. The Balaban J connectivity index is 1.67. The van der Waals surface area contributed by atoms with Crippen molar-refractivity contribution >= 4 is 17.6 Å². The van der Waals surface area contributed by atoms with Gasteiger partial charge in [0.1, 0.15) is 11.4 Å². The molecule has 3 rings (SSSR count). The summed E-state index contributed by atoms with van der Waals surface area (Å²) >= 11 is 0. The fraction of sp³-hybridized carbons (Fsp3) is 0.562. The van der Waals surface area contributed by atoms with Gasteiger partial charge in [0.2, 0.25) is 5.91 Å². The molecule has 1 atom stereocenters. The van der Waals surface area contributed by atoms with Gasteiger partial charge in [0, 0.05) is 37.9 Å². The minimum atomic E-state index is -1.12. The van der Waals surface area contributed by atoms with Gasteiger partial charge in [0.25, 0.3) is 0 Å². The predicted octanol–water partition coefficient (Wildman–Crippen LogP) is 6.57. The number of piperidine rings is 1. The predicted molar refractivity (Wildman–Crippen MR) is 154 cm³/mol. The van der Waals surface area contributed by atoms with Gasteiger partial charge in [-0.25, -0.2) is 4.79 Å². The molecule has 0 aromatic heterocycles. The van der Waals surface area contributed by atoms with Crippen molar-refractivity contribution in [2.45, 2.75) is 91.9 Å². The van der Waals surface area contributed by atoms with Crippen LogP contribution in [0.25, 0.3) is 0 Å². The number of hydrogen-bond acceptors (Lipinski definition) is 5. The van der Waals surface area contributed by atoms with E-state index in [0.29, 0.717) is 31.3 Å². The Morgan fingerprint density at radius 1 is 1.05 bits per heavy atom. The van der Waals surface area contributed by atoms with E-state index >= 15 is 0 Å². The maximum absolute atomic E-state index is 13.6. The van der Waals surface area contributed by atoms with Crippen LogP contribution in [0.4, 0.5) is 5.69 Å². The fourth-order valence-corrected chi connectivity index (χ4v) is 4.73. The topological polar surface area (TPSA) is 59.1 Å². The number of nitrogens with zero attached hydrogens (tertiary/aromatic N) is 2. The second kappa shape index (κ2) is 12.2. The number of amides is 1. The molecule has 0 aliphatic carbocycles. The van der Waals surface area contributed by atoms with E-state index < -0.39 is 17.2 Å². The zero-order chi connectivity index (χ0) is 28.1. The molecule has 1 amide bonds. The van der Waals surface area contributed by atoms with Crippen LogP contribution >= 0.6 is 0 Å². The normalized spacial score (nSPS) is 16.3. The molecule has 0 radical (unpaired) electrons. The van der Waals surface area contributed by atoms with E-state index in [-0.39, 0.29) is 11.8 Å². The first kappa shape index (κ1) is 29.5. The first-order valence-electron chi connectivity index (χ1n) is 13.9. The molecule has 0 N–H and O–H groups in total. The molecule has 208 valence electrons. The highest BCUT2D eigenvalue weighted by molar-refractivity contribution is 5.80. The summed E-state index contributed by atoms with van der Waals surface area (Å²) in [7, 11) is 0. The van der Waals surface area contributed by atoms with Crippen LogP contribution in [-0.4, -0.2) is 47.6 Å². The number of carbonyl (C=O) groups excluding carboxylic acids is 2. The van der Waals surface area contributed by atoms with Crippen molar-refractivity contribution < 1.29 is 19.1 Å². The number of ether oxygens (including phenoxy) is 2. The van der Waals surface area contributed by atoms with E-state index in [9.17, 15) is 9.59 Å². The lowest BCUT2D eigenvalue weighted by molar-refractivity contribution is -0.170. The molecule has 0 spiro atoms. The Morgan fingerprint density at radius 2 is 1.74 bits per heavy atom. The van der Waals surface area contributed by atoms with Gasteiger partial charge >= 0.3 is 5.97 Å². The molecule has 0 bridgehead atoms. The van der Waals surface area contributed by atoms with Crippen LogP contribution in [0.2, 0.25) is 0 Å². The summed E-state index contributed by atoms with van der Waals surface area (Å²) in [6, 6.07) is 16.4. The van der Waals surface area contributed by atoms with Gasteiger partial charge in [-0.2, -0.15) is 0 Å². The number of hydrogen-bond donors (Lipinski definition) is 0. The van der Waals surface area contributed by atoms with E-state index in [1.807, 2.05) is 56.9 Å². The molecule has 1 aliphatic heterocycles. The molecule has 1 fully saturated rings. The molecule has 1 heterocycles. The molecule has 2 aromatic rings. The lowest BCUT2D eigenvalue weighted by Gasteiger charge is -2.36. The molecule has 38 heavy (non-hydrogen) atoms. The first-order chi connectivity index (χ1) is 17.8. The quantitative estimate of drug-likeness (QED) is 0.349. The van der Waals surface area contributed by atoms with E-state index in [1.54, 1.807) is 13.8 Å². The van der Waals surface area contributed by atoms with Crippen LogP contribution in [0.5, 0.6) is 5.75 Å². The van der Waals surface area contributed by atoms with E-state index in [1.165, 1.54) is 5.56 Å². The summed E-state index contributed by atoms with van der Waals surface area (Å²) in [6.07, 6.45) is 1.84. The second-order valence-corrected chi connectivity index (χ2v) is 12.1. The smallest absolute Gasteiger partial charge is 0.350 e. The van der Waals surface area contributed by atoms with Crippen LogP contribution in [0, 0.1) is 5.92 Å². The van der Waals surface area contributed by atoms with E-state index in [2.05, 4.69) is 43.0 Å². The highest BCUT2D eigenvalue weighted by atomic mass is 16.6. The third kappa shape index (κ3) is 7.99. The van der Waals surface area contributed by atoms with Gasteiger partial charge in [0.15, 0.2) is 5.60 Å². The zero-order valence-corrected chi connectivity index (χ0v) is 24.5. The number of esters is 1. The number of anilines is 1. The molecule has 6 heteroatoms. The first-order valence-corrected chi connectivity index (χ1v) is 13.9. The summed E-state index contributed by atoms with van der Waals surface area (Å²) < 4.78 is 11.6. The zero-order valence-electron chi connectivity index (χ0n) is 24.5. The van der Waals surface area contributed by atoms with Crippen molar-refractivity contribution in [1.82, 2.24) is 4.90 Å². The summed E-state index contributed by atoms with van der Waals surface area (Å²) in [5.74, 6) is 0.850. The van der Waals surface area contributed by atoms with Crippen molar-refractivity contribution in [2.75, 3.05) is 24.5 Å². The molecular weight excluding hydrogens is 476 g/mol. The Labute approximate surface area is 229 Å². The van der Waals surface area contributed by atoms with Crippen LogP contribution in [0.3, 0.4) is 0 Å². The van der Waals surface area contributed by atoms with Crippen molar-refractivity contribution in [3.05, 3.63) is 59.7 Å². The van der Waals surface area contributed by atoms with E-state index in [4.69, 9.17) is 9.47 Å². The standard InChI is InChI=1S/C32H46N2O4/c1-9-33(21-24-15-17-25(18-16-24)23(2)3)29(35)26-12-11-19-34(22-26)27-13-10-14-28(20-27)37-32(7,8)30(36)38-31(4,5)6/h10,13-18,20,23,26H,9,11-12,19,21-22H2,1-8H3/t26-/m0/s1. The maximum Gasteiger partial charge on any atom is 0.350 e. The Bertz CT molecular complexity index is 1090. The average Bonchev–Trinajstić information content (AvgIpc) is 2.86. The molecule has 6 nitrogen and oxygen atoms in total. The Hall–Kier alpha value is -3.02. The molecule has 1 saturated heterocycles. The number of carbonyl (C=O) groups is 2. The van der Waals surface area contributed by atoms with Gasteiger partial charge in [0.05, 0.1) is 5.92 Å². The van der Waals surface area contributed by atoms with Gasteiger partial charge in [-0.3, -0.25) is 4.79 Å². The largest absolute Gasteiger partial charge is 0.476 e. The molecule has 1 aliphatic rings. The van der Waals surface area contributed by atoms with Gasteiger partial charge < -0.3 is 19.3 Å². The minimum absolute atomic E-state index is 0.0542. The van der Waals surface area contributed by atoms with Crippen LogP contribution < -0.4 is 9.64 Å².